The number of halogens is 1. The zero-order valence-corrected chi connectivity index (χ0v) is 18.8. The van der Waals surface area contributed by atoms with E-state index in [1.54, 1.807) is 33.7 Å². The predicted octanol–water partition coefficient (Wildman–Crippen LogP) is 3.94. The first-order chi connectivity index (χ1) is 14.9. The first-order valence-corrected chi connectivity index (χ1v) is 11.7. The normalized spacial score (nSPS) is 19.9. The highest BCUT2D eigenvalue weighted by atomic mass is 35.5. The van der Waals surface area contributed by atoms with E-state index < -0.39 is 5.66 Å². The molecule has 2 heterocycles. The van der Waals surface area contributed by atoms with Gasteiger partial charge < -0.3 is 10.2 Å². The zero-order chi connectivity index (χ0) is 22.0. The van der Waals surface area contributed by atoms with E-state index in [1.807, 2.05) is 43.3 Å². The quantitative estimate of drug-likeness (QED) is 0.505. The lowest BCUT2D eigenvalue weighted by Gasteiger charge is -2.48. The molecule has 31 heavy (non-hydrogen) atoms. The summed E-state index contributed by atoms with van der Waals surface area (Å²) < 4.78 is 0. The van der Waals surface area contributed by atoms with Crippen LogP contribution in [0.2, 0.25) is 5.02 Å². The van der Waals surface area contributed by atoms with Gasteiger partial charge in [-0.2, -0.15) is 0 Å². The van der Waals surface area contributed by atoms with Crippen molar-refractivity contribution < 1.29 is 14.4 Å². The number of carbonyl (C=O) groups excluding carboxylic acids is 3. The summed E-state index contributed by atoms with van der Waals surface area (Å²) in [4.78, 5) is 42.6. The molecule has 1 fully saturated rings. The van der Waals surface area contributed by atoms with Crippen molar-refractivity contribution in [1.29, 1.82) is 0 Å². The molecule has 4 rings (SSSR count). The zero-order valence-electron chi connectivity index (χ0n) is 17.3. The van der Waals surface area contributed by atoms with Gasteiger partial charge in [-0.15, -0.1) is 11.8 Å². The Bertz CT molecular complexity index is 1010. The third-order valence-corrected chi connectivity index (χ3v) is 7.08. The van der Waals surface area contributed by atoms with E-state index in [4.69, 9.17) is 11.6 Å². The van der Waals surface area contributed by atoms with E-state index in [2.05, 4.69) is 5.32 Å². The van der Waals surface area contributed by atoms with Gasteiger partial charge in [0.1, 0.15) is 5.66 Å². The van der Waals surface area contributed by atoms with Crippen molar-refractivity contribution in [2.24, 2.45) is 0 Å². The number of anilines is 1. The van der Waals surface area contributed by atoms with Gasteiger partial charge in [-0.1, -0.05) is 23.7 Å². The molecule has 3 amide bonds. The van der Waals surface area contributed by atoms with Crippen molar-refractivity contribution in [3.05, 3.63) is 59.1 Å². The molecule has 1 atom stereocenters. The van der Waals surface area contributed by atoms with E-state index in [0.717, 1.165) is 10.6 Å². The largest absolute Gasteiger partial charge is 0.355 e. The molecule has 162 valence electrons. The van der Waals surface area contributed by atoms with Gasteiger partial charge in [0.25, 0.3) is 5.91 Å². The van der Waals surface area contributed by atoms with Gasteiger partial charge in [-0.25, -0.2) is 0 Å². The molecule has 0 saturated carbocycles. The molecule has 1 saturated heterocycles. The van der Waals surface area contributed by atoms with Gasteiger partial charge in [0.2, 0.25) is 11.8 Å². The van der Waals surface area contributed by atoms with Crippen molar-refractivity contribution in [1.82, 2.24) is 10.2 Å². The van der Waals surface area contributed by atoms with Crippen molar-refractivity contribution >= 4 is 46.8 Å². The number of benzene rings is 2. The Kier molecular flexibility index (Phi) is 6.25. The summed E-state index contributed by atoms with van der Waals surface area (Å²) in [5.74, 6) is 0.512. The van der Waals surface area contributed by atoms with Gasteiger partial charge in [0, 0.05) is 41.6 Å². The second kappa shape index (κ2) is 8.93. The average Bonchev–Trinajstić information content (AvgIpc) is 3.07. The fourth-order valence-electron chi connectivity index (χ4n) is 4.23. The summed E-state index contributed by atoms with van der Waals surface area (Å²) in [5, 5.41) is 3.61. The lowest BCUT2D eigenvalue weighted by Crippen LogP contribution is -2.62. The Hall–Kier alpha value is -2.51. The summed E-state index contributed by atoms with van der Waals surface area (Å²) in [6.07, 6.45) is 1.14. The predicted molar refractivity (Wildman–Crippen MR) is 122 cm³/mol. The van der Waals surface area contributed by atoms with E-state index in [1.165, 1.54) is 0 Å². The molecule has 6 nitrogen and oxygen atoms in total. The smallest absolute Gasteiger partial charge is 0.257 e. The van der Waals surface area contributed by atoms with Gasteiger partial charge in [0.15, 0.2) is 0 Å². The van der Waals surface area contributed by atoms with Crippen molar-refractivity contribution in [2.45, 2.75) is 36.7 Å². The van der Waals surface area contributed by atoms with Crippen LogP contribution in [0.1, 0.15) is 36.5 Å². The van der Waals surface area contributed by atoms with Crippen LogP contribution in [-0.4, -0.2) is 47.1 Å². The molecular weight excluding hydrogens is 434 g/mol. The number of hydrogen-bond donors (Lipinski definition) is 1. The highest BCUT2D eigenvalue weighted by molar-refractivity contribution is 7.99. The second-order valence-corrected chi connectivity index (χ2v) is 9.43. The molecule has 8 heteroatoms. The first-order valence-electron chi connectivity index (χ1n) is 10.3. The third kappa shape index (κ3) is 4.29. The van der Waals surface area contributed by atoms with Crippen molar-refractivity contribution in [3.8, 4) is 0 Å². The Morgan fingerprint density at radius 2 is 1.90 bits per heavy atom. The minimum absolute atomic E-state index is 0.0103. The van der Waals surface area contributed by atoms with E-state index in [0.29, 0.717) is 35.7 Å². The Morgan fingerprint density at radius 3 is 2.68 bits per heavy atom. The Balaban J connectivity index is 1.34. The molecule has 0 spiro atoms. The van der Waals surface area contributed by atoms with Gasteiger partial charge in [-0.3, -0.25) is 19.3 Å². The van der Waals surface area contributed by atoms with Crippen LogP contribution in [-0.2, 0) is 9.59 Å². The highest BCUT2D eigenvalue weighted by Crippen LogP contribution is 2.43. The molecule has 2 aromatic rings. The maximum absolute atomic E-state index is 13.2. The molecule has 1 N–H and O–H groups in total. The number of nitrogens with zero attached hydrogens (tertiary/aromatic N) is 2. The minimum atomic E-state index is -0.729. The summed E-state index contributed by atoms with van der Waals surface area (Å²) in [6.45, 7) is 2.71. The van der Waals surface area contributed by atoms with Crippen LogP contribution >= 0.6 is 23.4 Å². The van der Waals surface area contributed by atoms with Crippen LogP contribution in [0, 0.1) is 0 Å². The number of thioether (sulfide) groups is 1. The van der Waals surface area contributed by atoms with E-state index >= 15 is 0 Å². The number of hydrogen-bond acceptors (Lipinski definition) is 4. The van der Waals surface area contributed by atoms with Crippen LogP contribution in [0.25, 0.3) is 0 Å². The highest BCUT2D eigenvalue weighted by Gasteiger charge is 2.52. The summed E-state index contributed by atoms with van der Waals surface area (Å²) in [5.41, 5.74) is 0.445. The van der Waals surface area contributed by atoms with Gasteiger partial charge in [-0.05, 0) is 49.7 Å². The number of amides is 3. The topological polar surface area (TPSA) is 69.7 Å². The molecule has 0 unspecified atom stereocenters. The van der Waals surface area contributed by atoms with Crippen LogP contribution in [0.3, 0.4) is 0 Å². The Labute approximate surface area is 190 Å². The number of carbonyl (C=O) groups is 3. The maximum Gasteiger partial charge on any atom is 0.257 e. The van der Waals surface area contributed by atoms with Gasteiger partial charge >= 0.3 is 0 Å². The number of rotatable bonds is 7. The fraction of sp³-hybridized carbons (Fsp3) is 0.348. The number of nitrogens with one attached hydrogen (secondary N) is 1. The molecule has 0 radical (unpaired) electrons. The SMILES string of the molecule is C[C@@]12CCC(=O)N1c1ccccc1C(=O)N2CCC(=O)NCCSc1ccc(Cl)cc1. The lowest BCUT2D eigenvalue weighted by molar-refractivity contribution is -0.121. The average molecular weight is 458 g/mol. The monoisotopic (exact) mass is 457 g/mol. The molecule has 2 aliphatic heterocycles. The Morgan fingerprint density at radius 1 is 1.16 bits per heavy atom. The molecule has 0 bridgehead atoms. The lowest BCUT2D eigenvalue weighted by atomic mass is 9.98. The third-order valence-electron chi connectivity index (χ3n) is 5.81. The standard InChI is InChI=1S/C23H24ClN3O3S/c1-23-12-10-21(29)27(23)19-5-3-2-4-18(19)22(30)26(23)14-11-20(28)25-13-15-31-17-8-6-16(24)7-9-17/h2-9H,10-15H2,1H3,(H,25,28)/t23-/m0/s1. The molecule has 2 aromatic carbocycles. The van der Waals surface area contributed by atoms with Crippen LogP contribution in [0.4, 0.5) is 5.69 Å². The van der Waals surface area contributed by atoms with Gasteiger partial charge in [0.05, 0.1) is 11.3 Å². The molecule has 0 aromatic heterocycles. The maximum atomic E-state index is 13.2. The van der Waals surface area contributed by atoms with Crippen LogP contribution in [0.15, 0.2) is 53.4 Å². The molecule has 0 aliphatic carbocycles. The summed E-state index contributed by atoms with van der Waals surface area (Å²) in [7, 11) is 0. The van der Waals surface area contributed by atoms with Crippen LogP contribution in [0.5, 0.6) is 0 Å². The van der Waals surface area contributed by atoms with Crippen molar-refractivity contribution in [3.63, 3.8) is 0 Å². The number of para-hydroxylation sites is 1. The molecular formula is C23H24ClN3O3S. The summed E-state index contributed by atoms with van der Waals surface area (Å²) >= 11 is 7.53. The second-order valence-electron chi connectivity index (χ2n) is 7.82. The summed E-state index contributed by atoms with van der Waals surface area (Å²) in [6, 6.07) is 14.8. The number of fused-ring (bicyclic) bond motifs is 3. The van der Waals surface area contributed by atoms with Crippen molar-refractivity contribution in [2.75, 3.05) is 23.7 Å². The minimum Gasteiger partial charge on any atom is -0.355 e. The van der Waals surface area contributed by atoms with E-state index in [-0.39, 0.29) is 30.7 Å². The van der Waals surface area contributed by atoms with Crippen LogP contribution < -0.4 is 10.2 Å². The molecule has 2 aliphatic rings. The fourth-order valence-corrected chi connectivity index (χ4v) is 5.13. The first kappa shape index (κ1) is 21.7. The van der Waals surface area contributed by atoms with E-state index in [9.17, 15) is 14.4 Å².